The van der Waals surface area contributed by atoms with Crippen molar-refractivity contribution in [2.45, 2.75) is 19.0 Å². The molecule has 0 saturated carbocycles. The van der Waals surface area contributed by atoms with Gasteiger partial charge in [-0.05, 0) is 45.7 Å². The summed E-state index contributed by atoms with van der Waals surface area (Å²) in [5.74, 6) is 0.310. The van der Waals surface area contributed by atoms with Gasteiger partial charge in [0.15, 0.2) is 0 Å². The average molecular weight is 404 g/mol. The number of nitrogens with one attached hydrogen (secondary N) is 1. The van der Waals surface area contributed by atoms with Gasteiger partial charge in [0.2, 0.25) is 0 Å². The van der Waals surface area contributed by atoms with E-state index in [1.165, 1.54) is 16.3 Å². The lowest BCUT2D eigenvalue weighted by molar-refractivity contribution is 0.449. The molecule has 5 aromatic rings. The van der Waals surface area contributed by atoms with Crippen molar-refractivity contribution in [3.63, 3.8) is 0 Å². The highest BCUT2D eigenvalue weighted by atomic mass is 16.3. The predicted octanol–water partition coefficient (Wildman–Crippen LogP) is 7.14. The Hall–Kier alpha value is -3.62. The summed E-state index contributed by atoms with van der Waals surface area (Å²) in [6, 6.07) is 37.3. The molecule has 2 heteroatoms. The molecule has 0 bridgehead atoms. The van der Waals surface area contributed by atoms with Crippen LogP contribution in [0.15, 0.2) is 109 Å². The van der Waals surface area contributed by atoms with Gasteiger partial charge in [-0.2, -0.15) is 0 Å². The van der Waals surface area contributed by atoms with E-state index in [0.717, 1.165) is 21.9 Å². The summed E-state index contributed by atoms with van der Waals surface area (Å²) in [6.45, 7) is 2.19. The largest absolute Gasteiger partial charge is 0.508 e. The molecule has 0 spiro atoms. The van der Waals surface area contributed by atoms with Crippen LogP contribution in [0.5, 0.6) is 5.75 Å². The Labute approximate surface area is 182 Å². The standard InChI is InChI=1S/C29H25NO/c1-20(24-17-9-14-21-10-5-7-15-25(21)24)30-29(23-12-3-2-4-13-23)28-26-16-8-6-11-22(26)18-19-27(28)31/h2-20,29-31H,1H3. The Balaban J connectivity index is 1.64. The molecule has 0 aliphatic heterocycles. The molecule has 0 fully saturated rings. The van der Waals surface area contributed by atoms with E-state index in [-0.39, 0.29) is 12.1 Å². The van der Waals surface area contributed by atoms with E-state index in [1.54, 1.807) is 6.07 Å². The quantitative estimate of drug-likeness (QED) is 0.327. The van der Waals surface area contributed by atoms with Crippen LogP contribution in [0.3, 0.4) is 0 Å². The molecule has 5 rings (SSSR count). The molecule has 5 aromatic carbocycles. The highest BCUT2D eigenvalue weighted by Crippen LogP contribution is 2.37. The predicted molar refractivity (Wildman–Crippen MR) is 129 cm³/mol. The van der Waals surface area contributed by atoms with Crippen molar-refractivity contribution in [3.05, 3.63) is 126 Å². The maximum Gasteiger partial charge on any atom is 0.121 e. The summed E-state index contributed by atoms with van der Waals surface area (Å²) in [5, 5.41) is 19.5. The smallest absolute Gasteiger partial charge is 0.121 e. The zero-order valence-corrected chi connectivity index (χ0v) is 17.5. The zero-order valence-electron chi connectivity index (χ0n) is 17.5. The lowest BCUT2D eigenvalue weighted by atomic mass is 9.91. The Bertz CT molecular complexity index is 1340. The molecule has 0 aliphatic rings. The van der Waals surface area contributed by atoms with Crippen molar-refractivity contribution in [2.75, 3.05) is 0 Å². The number of benzene rings is 5. The molecular weight excluding hydrogens is 378 g/mol. The molecular formula is C29H25NO. The summed E-state index contributed by atoms with van der Waals surface area (Å²) < 4.78 is 0. The monoisotopic (exact) mass is 403 g/mol. The van der Waals surface area contributed by atoms with E-state index in [1.807, 2.05) is 24.3 Å². The Morgan fingerprint density at radius 2 is 1.23 bits per heavy atom. The van der Waals surface area contributed by atoms with Gasteiger partial charge in [-0.1, -0.05) is 103 Å². The number of phenols is 1. The maximum absolute atomic E-state index is 11.0. The van der Waals surface area contributed by atoms with Gasteiger partial charge in [0.25, 0.3) is 0 Å². The van der Waals surface area contributed by atoms with Crippen LogP contribution in [0, 0.1) is 0 Å². The number of hydrogen-bond acceptors (Lipinski definition) is 2. The molecule has 2 unspecified atom stereocenters. The molecule has 0 amide bonds. The first-order chi connectivity index (χ1) is 15.2. The molecule has 0 saturated heterocycles. The van der Waals surface area contributed by atoms with Gasteiger partial charge in [-0.3, -0.25) is 5.32 Å². The minimum absolute atomic E-state index is 0.0784. The van der Waals surface area contributed by atoms with Crippen molar-refractivity contribution in [1.29, 1.82) is 0 Å². The first-order valence-electron chi connectivity index (χ1n) is 10.7. The van der Waals surface area contributed by atoms with Gasteiger partial charge in [-0.25, -0.2) is 0 Å². The number of aromatic hydroxyl groups is 1. The zero-order chi connectivity index (χ0) is 21.2. The van der Waals surface area contributed by atoms with E-state index < -0.39 is 0 Å². The average Bonchev–Trinajstić information content (AvgIpc) is 2.83. The van der Waals surface area contributed by atoms with Crippen LogP contribution >= 0.6 is 0 Å². The summed E-state index contributed by atoms with van der Waals surface area (Å²) in [4.78, 5) is 0. The lowest BCUT2D eigenvalue weighted by Crippen LogP contribution is -2.26. The van der Waals surface area contributed by atoms with Crippen LogP contribution in [0.25, 0.3) is 21.5 Å². The van der Waals surface area contributed by atoms with Gasteiger partial charge < -0.3 is 5.11 Å². The van der Waals surface area contributed by atoms with E-state index in [2.05, 4.69) is 91.1 Å². The Morgan fingerprint density at radius 1 is 0.613 bits per heavy atom. The van der Waals surface area contributed by atoms with Crippen LogP contribution in [0.1, 0.15) is 35.7 Å². The molecule has 0 aromatic heterocycles. The normalized spacial score (nSPS) is 13.3. The molecule has 2 nitrogen and oxygen atoms in total. The SMILES string of the molecule is CC(NC(c1ccccc1)c1c(O)ccc2ccccc12)c1cccc2ccccc12. The van der Waals surface area contributed by atoms with Crippen LogP contribution in [-0.2, 0) is 0 Å². The molecule has 31 heavy (non-hydrogen) atoms. The fraction of sp³-hybridized carbons (Fsp3) is 0.103. The van der Waals surface area contributed by atoms with E-state index in [4.69, 9.17) is 0 Å². The van der Waals surface area contributed by atoms with Crippen molar-refractivity contribution < 1.29 is 5.11 Å². The molecule has 2 atom stereocenters. The number of hydrogen-bond donors (Lipinski definition) is 2. The third-order valence-electron chi connectivity index (χ3n) is 6.08. The molecule has 0 aliphatic carbocycles. The third-order valence-corrected chi connectivity index (χ3v) is 6.08. The molecule has 2 N–H and O–H groups in total. The topological polar surface area (TPSA) is 32.3 Å². The second kappa shape index (κ2) is 8.25. The summed E-state index contributed by atoms with van der Waals surface area (Å²) >= 11 is 0. The summed E-state index contributed by atoms with van der Waals surface area (Å²) in [7, 11) is 0. The second-order valence-electron chi connectivity index (χ2n) is 8.02. The van der Waals surface area contributed by atoms with Gasteiger partial charge in [0.1, 0.15) is 5.75 Å². The molecule has 0 radical (unpaired) electrons. The van der Waals surface area contributed by atoms with Crippen molar-refractivity contribution >= 4 is 21.5 Å². The lowest BCUT2D eigenvalue weighted by Gasteiger charge is -2.27. The van der Waals surface area contributed by atoms with Gasteiger partial charge in [0.05, 0.1) is 6.04 Å². The van der Waals surface area contributed by atoms with E-state index >= 15 is 0 Å². The number of fused-ring (bicyclic) bond motifs is 2. The minimum atomic E-state index is -0.152. The van der Waals surface area contributed by atoms with Gasteiger partial charge in [0, 0.05) is 11.6 Å². The van der Waals surface area contributed by atoms with Crippen molar-refractivity contribution in [2.24, 2.45) is 0 Å². The minimum Gasteiger partial charge on any atom is -0.508 e. The first-order valence-corrected chi connectivity index (χ1v) is 10.7. The van der Waals surface area contributed by atoms with Gasteiger partial charge in [-0.15, -0.1) is 0 Å². The highest BCUT2D eigenvalue weighted by Gasteiger charge is 2.23. The fourth-order valence-electron chi connectivity index (χ4n) is 4.55. The second-order valence-corrected chi connectivity index (χ2v) is 8.02. The first kappa shape index (κ1) is 19.3. The summed E-state index contributed by atoms with van der Waals surface area (Å²) in [6.07, 6.45) is 0. The number of rotatable bonds is 5. The molecule has 152 valence electrons. The van der Waals surface area contributed by atoms with E-state index in [9.17, 15) is 5.11 Å². The Kier molecular flexibility index (Phi) is 5.15. The van der Waals surface area contributed by atoms with Gasteiger partial charge >= 0.3 is 0 Å². The van der Waals surface area contributed by atoms with Crippen molar-refractivity contribution in [1.82, 2.24) is 5.32 Å². The van der Waals surface area contributed by atoms with Crippen LogP contribution in [0.4, 0.5) is 0 Å². The third kappa shape index (κ3) is 3.67. The van der Waals surface area contributed by atoms with Crippen LogP contribution < -0.4 is 5.32 Å². The van der Waals surface area contributed by atoms with Crippen molar-refractivity contribution in [3.8, 4) is 5.75 Å². The fourth-order valence-corrected chi connectivity index (χ4v) is 4.55. The Morgan fingerprint density at radius 3 is 2.00 bits per heavy atom. The summed E-state index contributed by atoms with van der Waals surface area (Å²) in [5.41, 5.74) is 3.29. The van der Waals surface area contributed by atoms with Crippen LogP contribution in [0.2, 0.25) is 0 Å². The maximum atomic E-state index is 11.0. The highest BCUT2D eigenvalue weighted by molar-refractivity contribution is 5.89. The van der Waals surface area contributed by atoms with E-state index in [0.29, 0.717) is 5.75 Å². The number of phenolic OH excluding ortho intramolecular Hbond substituents is 1. The van der Waals surface area contributed by atoms with Crippen LogP contribution in [-0.4, -0.2) is 5.11 Å². The molecule has 0 heterocycles.